The van der Waals surface area contributed by atoms with Gasteiger partial charge >= 0.3 is 0 Å². The summed E-state index contributed by atoms with van der Waals surface area (Å²) in [5.74, 6) is -0.730. The maximum absolute atomic E-state index is 13.2. The van der Waals surface area contributed by atoms with Crippen LogP contribution in [0.2, 0.25) is 0 Å². The number of fused-ring (bicyclic) bond motifs is 1. The number of rotatable bonds is 5. The fourth-order valence-corrected chi connectivity index (χ4v) is 3.50. The number of carbonyl (C=O) groups is 1. The standard InChI is InChI=1S/C19H25N5O3.ClH/c1-11(2)10-23-17-14(12-5-7-20-8-6-12)9-21-24(17)19(27)15(18(23)26)16(25)22-13-3-4-13;/h5,9,11,13,20,27H,3-4,6-8,10H2,1-2H3,(H,22,25);1H. The Kier molecular flexibility index (Phi) is 5.81. The molecule has 0 saturated heterocycles. The molecule has 4 rings (SSSR count). The average Bonchev–Trinajstić information content (AvgIpc) is 3.33. The Morgan fingerprint density at radius 2 is 2.18 bits per heavy atom. The molecule has 0 atom stereocenters. The van der Waals surface area contributed by atoms with Crippen LogP contribution in [0.25, 0.3) is 11.2 Å². The molecule has 3 heterocycles. The highest BCUT2D eigenvalue weighted by atomic mass is 35.5. The summed E-state index contributed by atoms with van der Waals surface area (Å²) >= 11 is 0. The van der Waals surface area contributed by atoms with E-state index in [0.29, 0.717) is 12.2 Å². The first kappa shape index (κ1) is 20.4. The predicted molar refractivity (Wildman–Crippen MR) is 109 cm³/mol. The largest absolute Gasteiger partial charge is 0.492 e. The van der Waals surface area contributed by atoms with Gasteiger partial charge < -0.3 is 15.7 Å². The van der Waals surface area contributed by atoms with E-state index >= 15 is 0 Å². The Hall–Kier alpha value is -2.32. The van der Waals surface area contributed by atoms with Gasteiger partial charge in [0.2, 0.25) is 5.88 Å². The zero-order chi connectivity index (χ0) is 19.1. The maximum Gasteiger partial charge on any atom is 0.270 e. The van der Waals surface area contributed by atoms with Crippen LogP contribution < -0.4 is 16.2 Å². The molecule has 3 N–H and O–H groups in total. The van der Waals surface area contributed by atoms with Gasteiger partial charge in [0.25, 0.3) is 11.5 Å². The molecule has 2 aromatic rings. The van der Waals surface area contributed by atoms with Gasteiger partial charge in [-0.3, -0.25) is 14.2 Å². The number of nitrogens with one attached hydrogen (secondary N) is 2. The minimum absolute atomic E-state index is 0. The fraction of sp³-hybridized carbons (Fsp3) is 0.526. The van der Waals surface area contributed by atoms with Gasteiger partial charge in [0.15, 0.2) is 5.56 Å². The van der Waals surface area contributed by atoms with Crippen LogP contribution in [0.1, 0.15) is 49.0 Å². The second kappa shape index (κ2) is 7.97. The molecular weight excluding hydrogens is 382 g/mol. The Bertz CT molecular complexity index is 988. The molecule has 0 bridgehead atoms. The Balaban J connectivity index is 0.00000225. The van der Waals surface area contributed by atoms with Gasteiger partial charge in [-0.2, -0.15) is 9.61 Å². The second-order valence-electron chi connectivity index (χ2n) is 7.73. The molecule has 0 spiro atoms. The van der Waals surface area contributed by atoms with E-state index in [2.05, 4.69) is 21.8 Å². The highest BCUT2D eigenvalue weighted by Gasteiger charge is 2.30. The van der Waals surface area contributed by atoms with E-state index in [1.807, 2.05) is 13.8 Å². The highest BCUT2D eigenvalue weighted by molar-refractivity contribution is 5.97. The second-order valence-corrected chi connectivity index (χ2v) is 7.73. The van der Waals surface area contributed by atoms with Gasteiger partial charge in [-0.05, 0) is 37.3 Å². The van der Waals surface area contributed by atoms with Crippen molar-refractivity contribution in [3.8, 4) is 5.88 Å². The molecule has 0 aromatic carbocycles. The SMILES string of the molecule is CC(C)Cn1c(=O)c(C(=O)NC2CC2)c(O)n2ncc(C3=CCNCC3)c12.Cl. The highest BCUT2D eigenvalue weighted by Crippen LogP contribution is 2.28. The van der Waals surface area contributed by atoms with Crippen molar-refractivity contribution in [2.75, 3.05) is 13.1 Å². The molecule has 28 heavy (non-hydrogen) atoms. The zero-order valence-corrected chi connectivity index (χ0v) is 16.9. The Labute approximate surface area is 169 Å². The van der Waals surface area contributed by atoms with Crippen molar-refractivity contribution in [2.24, 2.45) is 5.92 Å². The summed E-state index contributed by atoms with van der Waals surface area (Å²) in [4.78, 5) is 25.8. The van der Waals surface area contributed by atoms with Gasteiger partial charge in [0, 0.05) is 24.7 Å². The number of amides is 1. The molecular formula is C19H26ClN5O3. The third-order valence-electron chi connectivity index (χ3n) is 4.98. The Morgan fingerprint density at radius 3 is 2.79 bits per heavy atom. The van der Waals surface area contributed by atoms with Crippen molar-refractivity contribution in [1.29, 1.82) is 0 Å². The van der Waals surface area contributed by atoms with Crippen molar-refractivity contribution in [3.05, 3.63) is 33.8 Å². The van der Waals surface area contributed by atoms with Gasteiger partial charge in [-0.1, -0.05) is 19.9 Å². The lowest BCUT2D eigenvalue weighted by molar-refractivity contribution is 0.0944. The number of halogens is 1. The van der Waals surface area contributed by atoms with Gasteiger partial charge in [0.05, 0.1) is 6.20 Å². The lowest BCUT2D eigenvalue weighted by atomic mass is 10.0. The molecule has 9 heteroatoms. The zero-order valence-electron chi connectivity index (χ0n) is 16.1. The van der Waals surface area contributed by atoms with Crippen molar-refractivity contribution >= 4 is 29.5 Å². The van der Waals surface area contributed by atoms with E-state index in [1.54, 1.807) is 10.8 Å². The molecule has 2 aliphatic rings. The summed E-state index contributed by atoms with van der Waals surface area (Å²) in [6.45, 7) is 6.08. The minimum Gasteiger partial charge on any atom is -0.492 e. The van der Waals surface area contributed by atoms with Crippen LogP contribution in [-0.2, 0) is 6.54 Å². The average molecular weight is 408 g/mol. The van der Waals surface area contributed by atoms with Crippen LogP contribution in [0, 0.1) is 5.92 Å². The van der Waals surface area contributed by atoms with E-state index in [0.717, 1.165) is 43.5 Å². The molecule has 1 aliphatic carbocycles. The molecule has 1 aliphatic heterocycles. The summed E-state index contributed by atoms with van der Waals surface area (Å²) in [5, 5.41) is 21.1. The van der Waals surface area contributed by atoms with Crippen LogP contribution in [0.15, 0.2) is 17.1 Å². The van der Waals surface area contributed by atoms with Crippen LogP contribution in [0.5, 0.6) is 5.88 Å². The van der Waals surface area contributed by atoms with E-state index in [1.165, 1.54) is 4.52 Å². The van der Waals surface area contributed by atoms with E-state index < -0.39 is 17.3 Å². The smallest absolute Gasteiger partial charge is 0.270 e. The first-order valence-corrected chi connectivity index (χ1v) is 9.52. The summed E-state index contributed by atoms with van der Waals surface area (Å²) in [6.07, 6.45) is 6.38. The predicted octanol–water partition coefficient (Wildman–Crippen LogP) is 1.55. The van der Waals surface area contributed by atoms with Crippen molar-refractivity contribution in [3.63, 3.8) is 0 Å². The molecule has 152 valence electrons. The van der Waals surface area contributed by atoms with Crippen molar-refractivity contribution in [2.45, 2.75) is 45.7 Å². The quantitative estimate of drug-likeness (QED) is 0.698. The molecule has 0 unspecified atom stereocenters. The molecule has 1 amide bonds. The van der Waals surface area contributed by atoms with Crippen LogP contribution in [0.4, 0.5) is 0 Å². The van der Waals surface area contributed by atoms with Crippen molar-refractivity contribution in [1.82, 2.24) is 24.8 Å². The number of hydrogen-bond donors (Lipinski definition) is 3. The minimum atomic E-state index is -0.530. The maximum atomic E-state index is 13.2. The van der Waals surface area contributed by atoms with Crippen molar-refractivity contribution < 1.29 is 9.90 Å². The van der Waals surface area contributed by atoms with Gasteiger partial charge in [0.1, 0.15) is 5.65 Å². The number of aromatic hydroxyl groups is 1. The van der Waals surface area contributed by atoms with Crippen LogP contribution in [0.3, 0.4) is 0 Å². The molecule has 1 saturated carbocycles. The third-order valence-corrected chi connectivity index (χ3v) is 4.98. The Morgan fingerprint density at radius 1 is 1.43 bits per heavy atom. The molecule has 1 fully saturated rings. The lowest BCUT2D eigenvalue weighted by Gasteiger charge is -2.18. The lowest BCUT2D eigenvalue weighted by Crippen LogP contribution is -2.36. The first-order chi connectivity index (χ1) is 13.0. The van der Waals surface area contributed by atoms with Crippen LogP contribution in [-0.4, -0.2) is 44.3 Å². The molecule has 8 nitrogen and oxygen atoms in total. The van der Waals surface area contributed by atoms with Gasteiger partial charge in [-0.25, -0.2) is 0 Å². The van der Waals surface area contributed by atoms with E-state index in [4.69, 9.17) is 0 Å². The van der Waals surface area contributed by atoms with E-state index in [-0.39, 0.29) is 29.9 Å². The third kappa shape index (κ3) is 3.66. The normalized spacial score (nSPS) is 16.8. The fourth-order valence-electron chi connectivity index (χ4n) is 3.50. The van der Waals surface area contributed by atoms with Gasteiger partial charge in [-0.15, -0.1) is 12.4 Å². The van der Waals surface area contributed by atoms with Crippen LogP contribution >= 0.6 is 12.4 Å². The summed E-state index contributed by atoms with van der Waals surface area (Å²) in [5.41, 5.74) is 1.77. The topological polar surface area (TPSA) is 101 Å². The summed E-state index contributed by atoms with van der Waals surface area (Å²) < 4.78 is 2.90. The van der Waals surface area contributed by atoms with E-state index in [9.17, 15) is 14.7 Å². The summed E-state index contributed by atoms with van der Waals surface area (Å²) in [6, 6.07) is 0.0959. The summed E-state index contributed by atoms with van der Waals surface area (Å²) in [7, 11) is 0. The number of nitrogens with zero attached hydrogens (tertiary/aromatic N) is 3. The number of hydrogen-bond acceptors (Lipinski definition) is 5. The number of aromatic nitrogens is 3. The first-order valence-electron chi connectivity index (χ1n) is 9.52. The molecule has 2 aromatic heterocycles. The number of carbonyl (C=O) groups excluding carboxylic acids is 1. The molecule has 0 radical (unpaired) electrons. The monoisotopic (exact) mass is 407 g/mol.